The van der Waals surface area contributed by atoms with Crippen LogP contribution in [0.5, 0.6) is 0 Å². The molecule has 1 aromatic heterocycles. The number of rotatable bonds is 1. The molecule has 1 amide bonds. The van der Waals surface area contributed by atoms with Crippen LogP contribution in [-0.2, 0) is 4.79 Å². The third kappa shape index (κ3) is 1.92. The van der Waals surface area contributed by atoms with E-state index in [1.807, 2.05) is 18.2 Å². The van der Waals surface area contributed by atoms with Gasteiger partial charge in [0.25, 0.3) is 0 Å². The Balaban J connectivity index is 2.19. The molecule has 0 spiro atoms. The zero-order valence-corrected chi connectivity index (χ0v) is 8.07. The van der Waals surface area contributed by atoms with Gasteiger partial charge in [-0.15, -0.1) is 0 Å². The summed E-state index contributed by atoms with van der Waals surface area (Å²) in [6.07, 6.45) is 4.84. The molecular weight excluding hydrogens is 176 g/mol. The third-order valence-corrected chi connectivity index (χ3v) is 2.58. The van der Waals surface area contributed by atoms with Crippen molar-refractivity contribution in [2.45, 2.75) is 25.2 Å². The Bertz CT molecular complexity index is 310. The van der Waals surface area contributed by atoms with E-state index in [2.05, 4.69) is 10.3 Å². The molecule has 14 heavy (non-hydrogen) atoms. The van der Waals surface area contributed by atoms with Crippen molar-refractivity contribution in [3.8, 4) is 0 Å². The van der Waals surface area contributed by atoms with Crippen LogP contribution in [0.25, 0.3) is 0 Å². The third-order valence-electron chi connectivity index (χ3n) is 2.58. The number of hydrogen-bond acceptors (Lipinski definition) is 2. The number of carbonyl (C=O) groups excluding carboxylic acids is 1. The van der Waals surface area contributed by atoms with E-state index in [0.29, 0.717) is 0 Å². The molecule has 0 bridgehead atoms. The monoisotopic (exact) mass is 190 g/mol. The molecule has 2 heterocycles. The SMILES string of the molecule is O=C1NCCCCC1c1ccccn1. The fourth-order valence-electron chi connectivity index (χ4n) is 1.80. The summed E-state index contributed by atoms with van der Waals surface area (Å²) >= 11 is 0. The predicted octanol–water partition coefficient (Wildman–Crippen LogP) is 1.47. The summed E-state index contributed by atoms with van der Waals surface area (Å²) in [6.45, 7) is 0.808. The fraction of sp³-hybridized carbons (Fsp3) is 0.455. The number of pyridine rings is 1. The average molecular weight is 190 g/mol. The van der Waals surface area contributed by atoms with E-state index in [1.54, 1.807) is 6.20 Å². The smallest absolute Gasteiger partial charge is 0.229 e. The molecule has 1 atom stereocenters. The minimum Gasteiger partial charge on any atom is -0.356 e. The van der Waals surface area contributed by atoms with Gasteiger partial charge in [-0.1, -0.05) is 12.5 Å². The highest BCUT2D eigenvalue weighted by Crippen LogP contribution is 2.22. The normalized spacial score (nSPS) is 22.6. The summed E-state index contributed by atoms with van der Waals surface area (Å²) in [7, 11) is 0. The van der Waals surface area contributed by atoms with Crippen molar-refractivity contribution in [2.75, 3.05) is 6.54 Å². The molecule has 0 aliphatic carbocycles. The summed E-state index contributed by atoms with van der Waals surface area (Å²) in [5, 5.41) is 2.91. The minimum absolute atomic E-state index is 0.0429. The Kier molecular flexibility index (Phi) is 2.77. The van der Waals surface area contributed by atoms with Crippen molar-refractivity contribution in [2.24, 2.45) is 0 Å². The van der Waals surface area contributed by atoms with Crippen molar-refractivity contribution in [1.82, 2.24) is 10.3 Å². The second kappa shape index (κ2) is 4.22. The first kappa shape index (κ1) is 9.19. The number of nitrogens with zero attached hydrogens (tertiary/aromatic N) is 1. The number of carbonyl (C=O) groups is 1. The van der Waals surface area contributed by atoms with Gasteiger partial charge in [0.15, 0.2) is 0 Å². The summed E-state index contributed by atoms with van der Waals surface area (Å²) in [5.41, 5.74) is 0.895. The van der Waals surface area contributed by atoms with E-state index in [9.17, 15) is 4.79 Å². The molecule has 3 heteroatoms. The lowest BCUT2D eigenvalue weighted by Crippen LogP contribution is -2.27. The number of amides is 1. The maximum Gasteiger partial charge on any atom is 0.229 e. The Morgan fingerprint density at radius 1 is 1.36 bits per heavy atom. The van der Waals surface area contributed by atoms with Crippen LogP contribution in [0.15, 0.2) is 24.4 Å². The zero-order valence-electron chi connectivity index (χ0n) is 8.07. The van der Waals surface area contributed by atoms with Crippen molar-refractivity contribution >= 4 is 5.91 Å². The highest BCUT2D eigenvalue weighted by Gasteiger charge is 2.22. The standard InChI is InChI=1S/C11H14N2O/c14-11-9(5-1-3-8-13-11)10-6-2-4-7-12-10/h2,4,6-7,9H,1,3,5,8H2,(H,13,14). The molecule has 1 saturated heterocycles. The minimum atomic E-state index is -0.0429. The molecule has 0 aromatic carbocycles. The van der Waals surface area contributed by atoms with Crippen LogP contribution in [0.1, 0.15) is 30.9 Å². The molecule has 1 aliphatic rings. The van der Waals surface area contributed by atoms with E-state index in [-0.39, 0.29) is 11.8 Å². The summed E-state index contributed by atoms with van der Waals surface area (Å²) in [5.74, 6) is 0.0832. The van der Waals surface area contributed by atoms with Crippen LogP contribution in [0.4, 0.5) is 0 Å². The number of aromatic nitrogens is 1. The second-order valence-corrected chi connectivity index (χ2v) is 3.59. The molecule has 1 aromatic rings. The maximum atomic E-state index is 11.7. The van der Waals surface area contributed by atoms with Gasteiger partial charge < -0.3 is 5.32 Å². The van der Waals surface area contributed by atoms with Crippen LogP contribution in [0.2, 0.25) is 0 Å². The van der Waals surface area contributed by atoms with Crippen LogP contribution in [-0.4, -0.2) is 17.4 Å². The number of nitrogens with one attached hydrogen (secondary N) is 1. The highest BCUT2D eigenvalue weighted by atomic mass is 16.1. The Hall–Kier alpha value is -1.38. The fourth-order valence-corrected chi connectivity index (χ4v) is 1.80. The molecule has 74 valence electrons. The average Bonchev–Trinajstić information content (AvgIpc) is 2.44. The first-order valence-electron chi connectivity index (χ1n) is 5.06. The Morgan fingerprint density at radius 2 is 2.29 bits per heavy atom. The van der Waals surface area contributed by atoms with E-state index in [1.165, 1.54) is 0 Å². The van der Waals surface area contributed by atoms with Gasteiger partial charge >= 0.3 is 0 Å². The largest absolute Gasteiger partial charge is 0.356 e. The van der Waals surface area contributed by atoms with Crippen molar-refractivity contribution < 1.29 is 4.79 Å². The Morgan fingerprint density at radius 3 is 3.07 bits per heavy atom. The molecule has 0 radical (unpaired) electrons. The van der Waals surface area contributed by atoms with E-state index >= 15 is 0 Å². The molecule has 0 saturated carbocycles. The van der Waals surface area contributed by atoms with Crippen LogP contribution in [0.3, 0.4) is 0 Å². The second-order valence-electron chi connectivity index (χ2n) is 3.59. The quantitative estimate of drug-likeness (QED) is 0.728. The molecule has 1 N–H and O–H groups in total. The van der Waals surface area contributed by atoms with Crippen LogP contribution < -0.4 is 5.32 Å². The van der Waals surface area contributed by atoms with Gasteiger partial charge in [-0.2, -0.15) is 0 Å². The first-order valence-corrected chi connectivity index (χ1v) is 5.06. The highest BCUT2D eigenvalue weighted by molar-refractivity contribution is 5.83. The summed E-state index contributed by atoms with van der Waals surface area (Å²) in [4.78, 5) is 15.9. The molecule has 2 rings (SSSR count). The topological polar surface area (TPSA) is 42.0 Å². The van der Waals surface area contributed by atoms with Crippen molar-refractivity contribution in [3.05, 3.63) is 30.1 Å². The predicted molar refractivity (Wildman–Crippen MR) is 53.8 cm³/mol. The summed E-state index contributed by atoms with van der Waals surface area (Å²) < 4.78 is 0. The molecule has 3 nitrogen and oxygen atoms in total. The van der Waals surface area contributed by atoms with Gasteiger partial charge in [0.1, 0.15) is 0 Å². The molecule has 1 aliphatic heterocycles. The summed E-state index contributed by atoms with van der Waals surface area (Å²) in [6, 6.07) is 5.73. The van der Waals surface area contributed by atoms with E-state index in [0.717, 1.165) is 31.5 Å². The van der Waals surface area contributed by atoms with Gasteiger partial charge in [0.2, 0.25) is 5.91 Å². The first-order chi connectivity index (χ1) is 6.88. The number of hydrogen-bond donors (Lipinski definition) is 1. The van der Waals surface area contributed by atoms with E-state index < -0.39 is 0 Å². The lowest BCUT2D eigenvalue weighted by atomic mass is 9.98. The van der Waals surface area contributed by atoms with Gasteiger partial charge in [0.05, 0.1) is 11.6 Å². The zero-order chi connectivity index (χ0) is 9.80. The van der Waals surface area contributed by atoms with Gasteiger partial charge in [-0.25, -0.2) is 0 Å². The lowest BCUT2D eigenvalue weighted by molar-refractivity contribution is -0.122. The lowest BCUT2D eigenvalue weighted by Gasteiger charge is -2.11. The molecule has 1 unspecified atom stereocenters. The van der Waals surface area contributed by atoms with Gasteiger partial charge in [-0.05, 0) is 25.0 Å². The molecular formula is C11H14N2O. The van der Waals surface area contributed by atoms with Crippen molar-refractivity contribution in [1.29, 1.82) is 0 Å². The van der Waals surface area contributed by atoms with Gasteiger partial charge in [0, 0.05) is 12.7 Å². The van der Waals surface area contributed by atoms with E-state index in [4.69, 9.17) is 0 Å². The van der Waals surface area contributed by atoms with Gasteiger partial charge in [-0.3, -0.25) is 9.78 Å². The van der Waals surface area contributed by atoms with Crippen molar-refractivity contribution in [3.63, 3.8) is 0 Å². The maximum absolute atomic E-state index is 11.7. The van der Waals surface area contributed by atoms with Crippen LogP contribution in [0, 0.1) is 0 Å². The molecule has 1 fully saturated rings. The Labute approximate surface area is 83.5 Å². The van der Waals surface area contributed by atoms with Crippen LogP contribution >= 0.6 is 0 Å².